The summed E-state index contributed by atoms with van der Waals surface area (Å²) in [5, 5.41) is 2.61. The summed E-state index contributed by atoms with van der Waals surface area (Å²) in [5.74, 6) is 0. The normalized spacial score (nSPS) is 10.5. The Kier molecular flexibility index (Phi) is 2.91. The van der Waals surface area contributed by atoms with Crippen LogP contribution in [0.1, 0.15) is 23.8 Å². The summed E-state index contributed by atoms with van der Waals surface area (Å²) in [5.41, 5.74) is 1.47. The number of carbonyl (C=O) groups excluding carboxylic acids is 1. The molecule has 0 aliphatic carbocycles. The molecule has 0 saturated carbocycles. The summed E-state index contributed by atoms with van der Waals surface area (Å²) in [6, 6.07) is 0. The summed E-state index contributed by atoms with van der Waals surface area (Å²) >= 11 is 1.47. The number of carbonyl (C=O) groups is 1. The van der Waals surface area contributed by atoms with Gasteiger partial charge in [0.15, 0.2) is 6.29 Å². The Balaban J connectivity index is 2.35. The molecule has 0 aromatic carbocycles. The van der Waals surface area contributed by atoms with Gasteiger partial charge in [-0.05, 0) is 6.42 Å². The second kappa shape index (κ2) is 4.35. The Labute approximate surface area is 91.6 Å². The first-order valence-electron chi connectivity index (χ1n) is 4.76. The van der Waals surface area contributed by atoms with E-state index in [2.05, 4.69) is 16.9 Å². The van der Waals surface area contributed by atoms with E-state index in [1.54, 1.807) is 17.9 Å². The molecule has 0 atom stereocenters. The second-order valence-corrected chi connectivity index (χ2v) is 4.03. The molecule has 0 bridgehead atoms. The predicted octanol–water partition coefficient (Wildman–Crippen LogP) is 2.23. The minimum Gasteiger partial charge on any atom is -0.329 e. The maximum atomic E-state index is 10.5. The van der Waals surface area contributed by atoms with Crippen molar-refractivity contribution in [3.8, 4) is 10.7 Å². The van der Waals surface area contributed by atoms with Crippen LogP contribution in [0.3, 0.4) is 0 Å². The summed E-state index contributed by atoms with van der Waals surface area (Å²) in [4.78, 5) is 18.8. The highest BCUT2D eigenvalue weighted by Gasteiger charge is 2.08. The van der Waals surface area contributed by atoms with Crippen LogP contribution in [0.4, 0.5) is 0 Å². The predicted molar refractivity (Wildman–Crippen MR) is 59.0 cm³/mol. The first kappa shape index (κ1) is 10.0. The molecule has 4 nitrogen and oxygen atoms in total. The minimum atomic E-state index is 0.485. The molecule has 0 saturated heterocycles. The van der Waals surface area contributed by atoms with Crippen LogP contribution in [0, 0.1) is 0 Å². The zero-order valence-corrected chi connectivity index (χ0v) is 9.20. The number of imidazole rings is 1. The first-order chi connectivity index (χ1) is 7.35. The Morgan fingerprint density at radius 2 is 2.47 bits per heavy atom. The van der Waals surface area contributed by atoms with Crippen LogP contribution in [0.2, 0.25) is 0 Å². The number of rotatable bonds is 4. The highest BCUT2D eigenvalue weighted by molar-refractivity contribution is 7.13. The van der Waals surface area contributed by atoms with Gasteiger partial charge in [-0.3, -0.25) is 4.79 Å². The second-order valence-electron chi connectivity index (χ2n) is 3.17. The highest BCUT2D eigenvalue weighted by atomic mass is 32.1. The van der Waals surface area contributed by atoms with E-state index in [-0.39, 0.29) is 0 Å². The molecular weight excluding hydrogens is 210 g/mol. The molecule has 0 amide bonds. The van der Waals surface area contributed by atoms with Crippen molar-refractivity contribution in [2.24, 2.45) is 0 Å². The third-order valence-corrected chi connectivity index (χ3v) is 2.92. The highest BCUT2D eigenvalue weighted by Crippen LogP contribution is 2.22. The minimum absolute atomic E-state index is 0.485. The Bertz CT molecular complexity index is 461. The van der Waals surface area contributed by atoms with Crippen LogP contribution in [0.15, 0.2) is 17.9 Å². The molecule has 2 aromatic heterocycles. The van der Waals surface area contributed by atoms with Gasteiger partial charge in [-0.15, -0.1) is 11.3 Å². The average Bonchev–Trinajstić information content (AvgIpc) is 2.85. The molecule has 0 N–H and O–H groups in total. The summed E-state index contributed by atoms with van der Waals surface area (Å²) < 4.78 is 2.05. The number of hydrogen-bond acceptors (Lipinski definition) is 4. The number of nitrogens with zero attached hydrogens (tertiary/aromatic N) is 3. The van der Waals surface area contributed by atoms with Crippen molar-refractivity contribution in [3.05, 3.63) is 23.6 Å². The van der Waals surface area contributed by atoms with Crippen LogP contribution in [0.25, 0.3) is 10.7 Å². The molecular formula is C10H11N3OS. The quantitative estimate of drug-likeness (QED) is 0.744. The van der Waals surface area contributed by atoms with E-state index in [0.29, 0.717) is 5.69 Å². The van der Waals surface area contributed by atoms with Gasteiger partial charge >= 0.3 is 0 Å². The lowest BCUT2D eigenvalue weighted by atomic mass is 10.4. The topological polar surface area (TPSA) is 47.8 Å². The number of aryl methyl sites for hydroxylation is 1. The zero-order chi connectivity index (χ0) is 10.7. The van der Waals surface area contributed by atoms with Gasteiger partial charge in [0.2, 0.25) is 0 Å². The van der Waals surface area contributed by atoms with E-state index >= 15 is 0 Å². The number of aromatic nitrogens is 3. The van der Waals surface area contributed by atoms with Gasteiger partial charge in [0.1, 0.15) is 10.7 Å². The van der Waals surface area contributed by atoms with Crippen LogP contribution >= 0.6 is 11.3 Å². The third kappa shape index (κ3) is 1.97. The van der Waals surface area contributed by atoms with Crippen molar-refractivity contribution in [1.29, 1.82) is 0 Å². The monoisotopic (exact) mass is 221 g/mol. The van der Waals surface area contributed by atoms with Crippen molar-refractivity contribution in [2.75, 3.05) is 0 Å². The lowest BCUT2D eigenvalue weighted by molar-refractivity contribution is 0.111. The van der Waals surface area contributed by atoms with Gasteiger partial charge in [0.05, 0.1) is 18.2 Å². The smallest absolute Gasteiger partial charge is 0.169 e. The van der Waals surface area contributed by atoms with E-state index in [4.69, 9.17) is 0 Å². The molecule has 78 valence electrons. The van der Waals surface area contributed by atoms with E-state index in [1.165, 1.54) is 11.3 Å². The molecule has 0 unspecified atom stereocenters. The average molecular weight is 221 g/mol. The molecule has 15 heavy (non-hydrogen) atoms. The molecule has 2 rings (SSSR count). The van der Waals surface area contributed by atoms with E-state index in [9.17, 15) is 4.79 Å². The Hall–Kier alpha value is -1.49. The summed E-state index contributed by atoms with van der Waals surface area (Å²) in [6.07, 6.45) is 5.39. The summed E-state index contributed by atoms with van der Waals surface area (Å²) in [7, 11) is 0. The van der Waals surface area contributed by atoms with E-state index < -0.39 is 0 Å². The van der Waals surface area contributed by atoms with Crippen LogP contribution < -0.4 is 0 Å². The first-order valence-corrected chi connectivity index (χ1v) is 5.64. The van der Waals surface area contributed by atoms with E-state index in [0.717, 1.165) is 30.0 Å². The van der Waals surface area contributed by atoms with Crippen molar-refractivity contribution in [3.63, 3.8) is 0 Å². The van der Waals surface area contributed by atoms with Gasteiger partial charge in [0.25, 0.3) is 0 Å². The van der Waals surface area contributed by atoms with Crippen molar-refractivity contribution in [1.82, 2.24) is 14.5 Å². The fourth-order valence-corrected chi connectivity index (χ4v) is 2.17. The maximum absolute atomic E-state index is 10.5. The van der Waals surface area contributed by atoms with Crippen LogP contribution in [-0.2, 0) is 6.54 Å². The number of thiazole rings is 1. The van der Waals surface area contributed by atoms with Crippen molar-refractivity contribution < 1.29 is 4.79 Å². The molecule has 0 fully saturated rings. The molecule has 0 radical (unpaired) electrons. The molecule has 0 spiro atoms. The number of hydrogen-bond donors (Lipinski definition) is 0. The number of aldehydes is 1. The fourth-order valence-electron chi connectivity index (χ4n) is 1.38. The van der Waals surface area contributed by atoms with Crippen molar-refractivity contribution in [2.45, 2.75) is 19.9 Å². The van der Waals surface area contributed by atoms with Gasteiger partial charge in [-0.2, -0.15) is 0 Å². The SMILES string of the molecule is CCCn1cncc1-c1nc(C=O)cs1. The molecule has 5 heteroatoms. The molecule has 0 aliphatic rings. The zero-order valence-electron chi connectivity index (χ0n) is 8.38. The molecule has 2 aromatic rings. The standard InChI is InChI=1S/C10H11N3OS/c1-2-3-13-7-11-4-9(13)10-12-8(5-14)6-15-10/h4-7H,2-3H2,1H3. The van der Waals surface area contributed by atoms with E-state index in [1.807, 2.05) is 4.57 Å². The van der Waals surface area contributed by atoms with Crippen molar-refractivity contribution >= 4 is 17.6 Å². The fraction of sp³-hybridized carbons (Fsp3) is 0.300. The Morgan fingerprint density at radius 3 is 3.13 bits per heavy atom. The van der Waals surface area contributed by atoms with Gasteiger partial charge in [0, 0.05) is 11.9 Å². The Morgan fingerprint density at radius 1 is 1.60 bits per heavy atom. The largest absolute Gasteiger partial charge is 0.329 e. The third-order valence-electron chi connectivity index (χ3n) is 2.04. The van der Waals surface area contributed by atoms with Crippen LogP contribution in [-0.4, -0.2) is 20.8 Å². The lowest BCUT2D eigenvalue weighted by Gasteiger charge is -2.02. The maximum Gasteiger partial charge on any atom is 0.169 e. The summed E-state index contributed by atoms with van der Waals surface area (Å²) in [6.45, 7) is 3.04. The van der Waals surface area contributed by atoms with Gasteiger partial charge < -0.3 is 4.57 Å². The van der Waals surface area contributed by atoms with Crippen LogP contribution in [0.5, 0.6) is 0 Å². The molecule has 0 aliphatic heterocycles. The molecule has 2 heterocycles. The van der Waals surface area contributed by atoms with Gasteiger partial charge in [-0.25, -0.2) is 9.97 Å². The lowest BCUT2D eigenvalue weighted by Crippen LogP contribution is -1.97. The van der Waals surface area contributed by atoms with Gasteiger partial charge in [-0.1, -0.05) is 6.92 Å².